The van der Waals surface area contributed by atoms with Gasteiger partial charge in [0.25, 0.3) is 0 Å². The second-order valence-corrected chi connectivity index (χ2v) is 5.61. The number of methoxy groups -OCH3 is 1. The van der Waals surface area contributed by atoms with Crippen molar-refractivity contribution in [3.63, 3.8) is 0 Å². The number of thiophene rings is 1. The van der Waals surface area contributed by atoms with E-state index in [4.69, 9.17) is 4.74 Å². The largest absolute Gasteiger partial charge is 0.490 e. The predicted molar refractivity (Wildman–Crippen MR) is 79.0 cm³/mol. The Labute approximate surface area is 122 Å². The number of hydrogen-bond acceptors (Lipinski definition) is 5. The molecule has 1 aromatic heterocycles. The highest BCUT2D eigenvalue weighted by Crippen LogP contribution is 2.35. The molecule has 0 unspecified atom stereocenters. The number of nitrogens with zero attached hydrogens (tertiary/aromatic N) is 1. The van der Waals surface area contributed by atoms with Crippen LogP contribution >= 0.6 is 27.3 Å². The van der Waals surface area contributed by atoms with Crippen LogP contribution < -0.4 is 10.1 Å². The van der Waals surface area contributed by atoms with Crippen LogP contribution in [-0.2, 0) is 6.54 Å². The number of anilines is 1. The van der Waals surface area contributed by atoms with E-state index in [1.165, 1.54) is 7.11 Å². The Bertz CT molecular complexity index is 600. The van der Waals surface area contributed by atoms with E-state index in [9.17, 15) is 10.1 Å². The van der Waals surface area contributed by atoms with Crippen LogP contribution in [0, 0.1) is 10.1 Å². The molecule has 0 aliphatic rings. The van der Waals surface area contributed by atoms with Gasteiger partial charge in [-0.15, -0.1) is 11.3 Å². The maximum atomic E-state index is 11.1. The zero-order chi connectivity index (χ0) is 13.8. The molecular weight excluding hydrogens is 332 g/mol. The van der Waals surface area contributed by atoms with Crippen LogP contribution in [0.1, 0.15) is 4.88 Å². The van der Waals surface area contributed by atoms with E-state index in [0.717, 1.165) is 9.35 Å². The number of ether oxygens (including phenoxy) is 1. The third-order valence-electron chi connectivity index (χ3n) is 2.48. The molecule has 1 N–H and O–H groups in total. The fourth-order valence-corrected chi connectivity index (χ4v) is 3.04. The average Bonchev–Trinajstić information content (AvgIpc) is 2.81. The third kappa shape index (κ3) is 3.24. The molecule has 2 rings (SSSR count). The number of halogens is 1. The molecule has 0 spiro atoms. The molecule has 0 aliphatic heterocycles. The molecule has 0 saturated heterocycles. The lowest BCUT2D eigenvalue weighted by atomic mass is 10.2. The quantitative estimate of drug-likeness (QED) is 0.657. The summed E-state index contributed by atoms with van der Waals surface area (Å²) >= 11 is 4.96. The van der Waals surface area contributed by atoms with Crippen LogP contribution in [0.25, 0.3) is 0 Å². The molecule has 0 saturated carbocycles. The van der Waals surface area contributed by atoms with Gasteiger partial charge >= 0.3 is 5.69 Å². The molecule has 0 bridgehead atoms. The van der Waals surface area contributed by atoms with Crippen molar-refractivity contribution in [1.29, 1.82) is 0 Å². The minimum Gasteiger partial charge on any atom is -0.490 e. The molecule has 19 heavy (non-hydrogen) atoms. The Balaban J connectivity index is 2.22. The van der Waals surface area contributed by atoms with Crippen LogP contribution in [0.5, 0.6) is 5.75 Å². The van der Waals surface area contributed by atoms with Gasteiger partial charge in [0.1, 0.15) is 5.69 Å². The topological polar surface area (TPSA) is 64.4 Å². The molecule has 0 aliphatic carbocycles. The molecule has 0 amide bonds. The molecule has 2 aromatic rings. The van der Waals surface area contributed by atoms with Gasteiger partial charge in [-0.1, -0.05) is 6.07 Å². The summed E-state index contributed by atoms with van der Waals surface area (Å²) < 4.78 is 6.03. The summed E-state index contributed by atoms with van der Waals surface area (Å²) in [4.78, 5) is 11.7. The van der Waals surface area contributed by atoms with Crippen molar-refractivity contribution in [1.82, 2.24) is 0 Å². The standard InChI is InChI=1S/C12H11BrN2O3S/c1-18-11-4-2-3-10(12(11)15(16)17)14-6-9-5-8(13)7-19-9/h2-5,7,14H,6H2,1H3. The molecule has 0 atom stereocenters. The van der Waals surface area contributed by atoms with Crippen molar-refractivity contribution < 1.29 is 9.66 Å². The summed E-state index contributed by atoms with van der Waals surface area (Å²) in [6, 6.07) is 6.94. The molecule has 5 nitrogen and oxygen atoms in total. The Morgan fingerprint density at radius 2 is 2.32 bits per heavy atom. The van der Waals surface area contributed by atoms with E-state index in [1.54, 1.807) is 29.5 Å². The first-order valence-electron chi connectivity index (χ1n) is 5.40. The summed E-state index contributed by atoms with van der Waals surface area (Å²) in [5.41, 5.74) is 0.412. The lowest BCUT2D eigenvalue weighted by Gasteiger charge is -2.08. The average molecular weight is 343 g/mol. The van der Waals surface area contributed by atoms with Gasteiger partial charge in [-0.2, -0.15) is 0 Å². The van der Waals surface area contributed by atoms with Crippen LogP contribution in [0.3, 0.4) is 0 Å². The number of para-hydroxylation sites is 1. The van der Waals surface area contributed by atoms with Gasteiger partial charge < -0.3 is 10.1 Å². The highest BCUT2D eigenvalue weighted by molar-refractivity contribution is 9.10. The van der Waals surface area contributed by atoms with Gasteiger partial charge in [0, 0.05) is 21.3 Å². The van der Waals surface area contributed by atoms with Gasteiger partial charge in [-0.05, 0) is 34.1 Å². The normalized spacial score (nSPS) is 10.2. The summed E-state index contributed by atoms with van der Waals surface area (Å²) in [5.74, 6) is 0.252. The minimum atomic E-state index is -0.439. The first-order valence-corrected chi connectivity index (χ1v) is 7.07. The number of rotatable bonds is 5. The monoisotopic (exact) mass is 342 g/mol. The highest BCUT2D eigenvalue weighted by Gasteiger charge is 2.20. The smallest absolute Gasteiger partial charge is 0.333 e. The molecule has 0 radical (unpaired) electrons. The summed E-state index contributed by atoms with van der Waals surface area (Å²) in [6.45, 7) is 0.532. The highest BCUT2D eigenvalue weighted by atomic mass is 79.9. The van der Waals surface area contributed by atoms with Gasteiger partial charge in [-0.3, -0.25) is 10.1 Å². The number of nitrogens with one attached hydrogen (secondary N) is 1. The molecule has 1 heterocycles. The molecule has 0 fully saturated rings. The Morgan fingerprint density at radius 3 is 2.89 bits per heavy atom. The van der Waals surface area contributed by atoms with E-state index in [0.29, 0.717) is 12.2 Å². The van der Waals surface area contributed by atoms with Crippen molar-refractivity contribution >= 4 is 38.6 Å². The van der Waals surface area contributed by atoms with Crippen molar-refractivity contribution in [2.75, 3.05) is 12.4 Å². The van der Waals surface area contributed by atoms with Crippen LogP contribution in [-0.4, -0.2) is 12.0 Å². The number of hydrogen-bond donors (Lipinski definition) is 1. The van der Waals surface area contributed by atoms with E-state index in [-0.39, 0.29) is 11.4 Å². The minimum absolute atomic E-state index is 0.0411. The van der Waals surface area contributed by atoms with Gasteiger partial charge in [0.15, 0.2) is 5.75 Å². The fourth-order valence-electron chi connectivity index (χ4n) is 1.65. The van der Waals surface area contributed by atoms with Gasteiger partial charge in [-0.25, -0.2) is 0 Å². The van der Waals surface area contributed by atoms with Gasteiger partial charge in [0.2, 0.25) is 0 Å². The molecule has 7 heteroatoms. The lowest BCUT2D eigenvalue weighted by molar-refractivity contribution is -0.384. The Kier molecular flexibility index (Phi) is 4.39. The summed E-state index contributed by atoms with van der Waals surface area (Å²) in [5, 5.41) is 16.1. The van der Waals surface area contributed by atoms with Crippen LogP contribution in [0.4, 0.5) is 11.4 Å². The first kappa shape index (κ1) is 13.8. The lowest BCUT2D eigenvalue weighted by Crippen LogP contribution is -2.03. The zero-order valence-corrected chi connectivity index (χ0v) is 12.5. The van der Waals surface area contributed by atoms with E-state index in [2.05, 4.69) is 21.2 Å². The van der Waals surface area contributed by atoms with Crippen LogP contribution in [0.2, 0.25) is 0 Å². The number of benzene rings is 1. The van der Waals surface area contributed by atoms with Crippen LogP contribution in [0.15, 0.2) is 34.1 Å². The summed E-state index contributed by atoms with van der Waals surface area (Å²) in [6.07, 6.45) is 0. The maximum absolute atomic E-state index is 11.1. The second-order valence-electron chi connectivity index (χ2n) is 3.70. The molecule has 100 valence electrons. The molecular formula is C12H11BrN2O3S. The van der Waals surface area contributed by atoms with Crippen molar-refractivity contribution in [3.05, 3.63) is 49.1 Å². The summed E-state index contributed by atoms with van der Waals surface area (Å²) in [7, 11) is 1.42. The van der Waals surface area contributed by atoms with E-state index in [1.807, 2.05) is 11.4 Å². The Hall–Kier alpha value is -1.60. The number of nitro groups is 1. The third-order valence-corrected chi connectivity index (χ3v) is 4.17. The van der Waals surface area contributed by atoms with E-state index >= 15 is 0 Å². The first-order chi connectivity index (χ1) is 9.11. The Morgan fingerprint density at radius 1 is 1.53 bits per heavy atom. The zero-order valence-electron chi connectivity index (χ0n) is 10.1. The van der Waals surface area contributed by atoms with Crippen molar-refractivity contribution in [2.45, 2.75) is 6.54 Å². The number of nitro benzene ring substituents is 1. The fraction of sp³-hybridized carbons (Fsp3) is 0.167. The van der Waals surface area contributed by atoms with Gasteiger partial charge in [0.05, 0.1) is 12.0 Å². The van der Waals surface area contributed by atoms with E-state index < -0.39 is 4.92 Å². The molecule has 1 aromatic carbocycles. The predicted octanol–water partition coefficient (Wildman–Crippen LogP) is 4.04. The maximum Gasteiger partial charge on any atom is 0.333 e. The van der Waals surface area contributed by atoms with Crippen molar-refractivity contribution in [3.8, 4) is 5.75 Å². The second kappa shape index (κ2) is 6.03. The SMILES string of the molecule is COc1cccc(NCc2cc(Br)cs2)c1[N+](=O)[O-]. The van der Waals surface area contributed by atoms with Crippen molar-refractivity contribution in [2.24, 2.45) is 0 Å².